The number of anilines is 1. The largest absolute Gasteiger partial charge is 0.380 e. The minimum absolute atomic E-state index is 0.0336. The molecule has 0 radical (unpaired) electrons. The van der Waals surface area contributed by atoms with Gasteiger partial charge in [-0.1, -0.05) is 25.4 Å². The summed E-state index contributed by atoms with van der Waals surface area (Å²) in [5, 5.41) is 7.94. The second-order valence-electron chi connectivity index (χ2n) is 10.7. The zero-order valence-corrected chi connectivity index (χ0v) is 21.7. The molecule has 0 spiro atoms. The standard InChI is InChI=1S/C27H29ClN4O2S/c1-14-9-15(28)10-19(23(14)31-16-5-4-7-29-12-16)18-6-8-30-20-11-17(35-24(18)20)13-32-25(33)21-22(26(32)34)27(21,2)3/h6,8-11,16,21-22,29,31H,4-5,7,12-13H2,1-3H3. The van der Waals surface area contributed by atoms with E-state index in [0.717, 1.165) is 63.4 Å². The number of fused-ring (bicyclic) bond motifs is 2. The summed E-state index contributed by atoms with van der Waals surface area (Å²) < 4.78 is 1.04. The van der Waals surface area contributed by atoms with Crippen LogP contribution in [0, 0.1) is 24.2 Å². The van der Waals surface area contributed by atoms with Crippen molar-refractivity contribution in [3.05, 3.63) is 45.9 Å². The van der Waals surface area contributed by atoms with Crippen molar-refractivity contribution in [1.82, 2.24) is 15.2 Å². The fourth-order valence-corrected chi connectivity index (χ4v) is 7.32. The van der Waals surface area contributed by atoms with E-state index in [1.165, 1.54) is 4.90 Å². The van der Waals surface area contributed by atoms with Crippen LogP contribution in [0.4, 0.5) is 5.69 Å². The summed E-state index contributed by atoms with van der Waals surface area (Å²) in [7, 11) is 0. The van der Waals surface area contributed by atoms with Gasteiger partial charge in [-0.2, -0.15) is 0 Å². The molecule has 3 aromatic rings. The van der Waals surface area contributed by atoms with E-state index in [0.29, 0.717) is 17.6 Å². The minimum atomic E-state index is -0.193. The van der Waals surface area contributed by atoms with E-state index < -0.39 is 0 Å². The van der Waals surface area contributed by atoms with Crippen molar-refractivity contribution < 1.29 is 9.59 Å². The molecule has 1 aromatic carbocycles. The molecule has 0 bridgehead atoms. The summed E-state index contributed by atoms with van der Waals surface area (Å²) in [5.41, 5.74) is 4.99. The number of likely N-dealkylation sites (tertiary alicyclic amines) is 1. The number of nitrogens with one attached hydrogen (secondary N) is 2. The molecule has 2 N–H and O–H groups in total. The number of piperidine rings is 2. The van der Waals surface area contributed by atoms with Crippen LogP contribution in [0.1, 0.15) is 37.1 Å². The number of benzene rings is 1. The smallest absolute Gasteiger partial charge is 0.234 e. The maximum absolute atomic E-state index is 12.9. The Morgan fingerprint density at radius 3 is 2.69 bits per heavy atom. The number of rotatable bonds is 5. The van der Waals surface area contributed by atoms with Gasteiger partial charge in [-0.25, -0.2) is 0 Å². The third-order valence-electron chi connectivity index (χ3n) is 7.90. The van der Waals surface area contributed by atoms with Gasteiger partial charge in [0, 0.05) is 45.5 Å². The third kappa shape index (κ3) is 3.76. The molecule has 2 aromatic heterocycles. The van der Waals surface area contributed by atoms with E-state index in [9.17, 15) is 9.59 Å². The molecule has 182 valence electrons. The summed E-state index contributed by atoms with van der Waals surface area (Å²) in [6, 6.07) is 8.42. The Labute approximate surface area is 214 Å². The number of hydrogen-bond donors (Lipinski definition) is 2. The third-order valence-corrected chi connectivity index (χ3v) is 9.26. The SMILES string of the molecule is Cc1cc(Cl)cc(-c2ccnc3cc(CN4C(=O)C5C(C4=O)C5(C)C)sc23)c1NC1CCCNC1. The lowest BCUT2D eigenvalue weighted by Crippen LogP contribution is -2.38. The molecule has 2 saturated heterocycles. The van der Waals surface area contributed by atoms with Crippen LogP contribution in [0.15, 0.2) is 30.5 Å². The van der Waals surface area contributed by atoms with Crippen LogP contribution >= 0.6 is 22.9 Å². The second kappa shape index (κ2) is 8.29. The Hall–Kier alpha value is -2.48. The number of aryl methyl sites for hydroxylation is 1. The average Bonchev–Trinajstić information content (AvgIpc) is 3.07. The molecular weight excluding hydrogens is 480 g/mol. The number of carbonyl (C=O) groups is 2. The van der Waals surface area contributed by atoms with E-state index in [2.05, 4.69) is 22.5 Å². The zero-order valence-electron chi connectivity index (χ0n) is 20.2. The predicted octanol–water partition coefficient (Wildman–Crippen LogP) is 5.23. The highest BCUT2D eigenvalue weighted by molar-refractivity contribution is 7.19. The Bertz CT molecular complexity index is 1340. The minimum Gasteiger partial charge on any atom is -0.380 e. The number of nitrogens with zero attached hydrogens (tertiary/aromatic N) is 2. The van der Waals surface area contributed by atoms with Crippen molar-refractivity contribution in [2.24, 2.45) is 17.3 Å². The van der Waals surface area contributed by atoms with Gasteiger partial charge in [-0.3, -0.25) is 19.5 Å². The first-order valence-corrected chi connectivity index (χ1v) is 13.5. The molecular formula is C27H29ClN4O2S. The van der Waals surface area contributed by atoms with Gasteiger partial charge in [0.15, 0.2) is 0 Å². The Kier molecular flexibility index (Phi) is 5.43. The number of carbonyl (C=O) groups excluding carboxylic acids is 2. The first-order chi connectivity index (χ1) is 16.8. The summed E-state index contributed by atoms with van der Waals surface area (Å²) in [6.07, 6.45) is 4.10. The van der Waals surface area contributed by atoms with E-state index in [4.69, 9.17) is 11.6 Å². The van der Waals surface area contributed by atoms with Gasteiger partial charge in [0.05, 0.1) is 28.6 Å². The number of halogens is 1. The number of amides is 2. The molecule has 35 heavy (non-hydrogen) atoms. The number of imide groups is 1. The number of thiophene rings is 1. The predicted molar refractivity (Wildman–Crippen MR) is 141 cm³/mol. The average molecular weight is 509 g/mol. The molecule has 8 heteroatoms. The van der Waals surface area contributed by atoms with Crippen molar-refractivity contribution in [3.63, 3.8) is 0 Å². The van der Waals surface area contributed by atoms with Gasteiger partial charge in [0.1, 0.15) is 0 Å². The molecule has 6 rings (SSSR count). The van der Waals surface area contributed by atoms with Crippen LogP contribution in [0.3, 0.4) is 0 Å². The molecule has 2 amide bonds. The molecule has 1 saturated carbocycles. The summed E-state index contributed by atoms with van der Waals surface area (Å²) in [5.74, 6) is -0.381. The van der Waals surface area contributed by atoms with E-state index in [-0.39, 0.29) is 29.1 Å². The lowest BCUT2D eigenvalue weighted by molar-refractivity contribution is -0.143. The number of hydrogen-bond acceptors (Lipinski definition) is 6. The topological polar surface area (TPSA) is 74.3 Å². The quantitative estimate of drug-likeness (QED) is 0.461. The van der Waals surface area contributed by atoms with Gasteiger partial charge >= 0.3 is 0 Å². The highest BCUT2D eigenvalue weighted by Gasteiger charge is 2.72. The van der Waals surface area contributed by atoms with Crippen molar-refractivity contribution in [2.45, 2.75) is 46.2 Å². The molecule has 3 fully saturated rings. The lowest BCUT2D eigenvalue weighted by atomic mass is 9.99. The van der Waals surface area contributed by atoms with Crippen molar-refractivity contribution in [3.8, 4) is 11.1 Å². The van der Waals surface area contributed by atoms with Crippen LogP contribution in [0.5, 0.6) is 0 Å². The van der Waals surface area contributed by atoms with Crippen LogP contribution in [-0.4, -0.2) is 40.8 Å². The normalized spacial score (nSPS) is 25.3. The van der Waals surface area contributed by atoms with Gasteiger partial charge in [-0.05, 0) is 61.6 Å². The molecule has 3 atom stereocenters. The van der Waals surface area contributed by atoms with E-state index >= 15 is 0 Å². The van der Waals surface area contributed by atoms with Crippen LogP contribution < -0.4 is 10.6 Å². The highest BCUT2D eigenvalue weighted by atomic mass is 35.5. The molecule has 2 aliphatic heterocycles. The van der Waals surface area contributed by atoms with Crippen LogP contribution in [0.25, 0.3) is 21.3 Å². The summed E-state index contributed by atoms with van der Waals surface area (Å²) >= 11 is 8.12. The van der Waals surface area contributed by atoms with Crippen LogP contribution in [0.2, 0.25) is 5.02 Å². The number of aromatic nitrogens is 1. The second-order valence-corrected chi connectivity index (χ2v) is 12.2. The Morgan fingerprint density at radius 2 is 1.97 bits per heavy atom. The molecule has 3 unspecified atom stereocenters. The number of pyridine rings is 1. The van der Waals surface area contributed by atoms with Crippen molar-refractivity contribution >= 4 is 50.7 Å². The van der Waals surface area contributed by atoms with Crippen LogP contribution in [-0.2, 0) is 16.1 Å². The molecule has 6 nitrogen and oxygen atoms in total. The lowest BCUT2D eigenvalue weighted by Gasteiger charge is -2.27. The van der Waals surface area contributed by atoms with E-state index in [1.807, 2.05) is 44.3 Å². The monoisotopic (exact) mass is 508 g/mol. The molecule has 3 aliphatic rings. The Balaban J connectivity index is 1.35. The fraction of sp³-hybridized carbons (Fsp3) is 0.444. The maximum Gasteiger partial charge on any atom is 0.234 e. The van der Waals surface area contributed by atoms with Gasteiger partial charge in [0.2, 0.25) is 11.8 Å². The first-order valence-electron chi connectivity index (χ1n) is 12.3. The first kappa shape index (κ1) is 23.0. The molecule has 4 heterocycles. The summed E-state index contributed by atoms with van der Waals surface area (Å²) in [6.45, 7) is 8.42. The fourth-order valence-electron chi connectivity index (χ4n) is 5.92. The van der Waals surface area contributed by atoms with Gasteiger partial charge in [0.25, 0.3) is 0 Å². The van der Waals surface area contributed by atoms with Crippen molar-refractivity contribution in [2.75, 3.05) is 18.4 Å². The Morgan fingerprint density at radius 1 is 1.20 bits per heavy atom. The maximum atomic E-state index is 12.9. The highest BCUT2D eigenvalue weighted by Crippen LogP contribution is 2.63. The van der Waals surface area contributed by atoms with Crippen molar-refractivity contribution in [1.29, 1.82) is 0 Å². The zero-order chi connectivity index (χ0) is 24.5. The molecule has 1 aliphatic carbocycles. The van der Waals surface area contributed by atoms with Gasteiger partial charge < -0.3 is 10.6 Å². The summed E-state index contributed by atoms with van der Waals surface area (Å²) in [4.78, 5) is 32.7. The van der Waals surface area contributed by atoms with Gasteiger partial charge in [-0.15, -0.1) is 11.3 Å². The van der Waals surface area contributed by atoms with E-state index in [1.54, 1.807) is 11.3 Å².